The van der Waals surface area contributed by atoms with E-state index in [4.69, 9.17) is 4.74 Å². The Kier molecular flexibility index (Phi) is 3.07. The molecular formula is C13H16O2. The van der Waals surface area contributed by atoms with Gasteiger partial charge in [0.05, 0.1) is 13.2 Å². The third-order valence-electron chi connectivity index (χ3n) is 2.84. The van der Waals surface area contributed by atoms with E-state index >= 15 is 0 Å². The summed E-state index contributed by atoms with van der Waals surface area (Å²) in [7, 11) is 1.67. The molecule has 0 saturated carbocycles. The van der Waals surface area contributed by atoms with Crippen LogP contribution in [0.15, 0.2) is 30.3 Å². The van der Waals surface area contributed by atoms with Crippen molar-refractivity contribution < 1.29 is 9.84 Å². The topological polar surface area (TPSA) is 29.5 Å². The molecule has 0 radical (unpaired) electrons. The number of aliphatic hydroxyl groups excluding tert-OH is 1. The number of ether oxygens (including phenoxy) is 1. The third-order valence-corrected chi connectivity index (χ3v) is 2.84. The van der Waals surface area contributed by atoms with E-state index in [1.165, 1.54) is 11.1 Å². The lowest BCUT2D eigenvalue weighted by atomic mass is 9.92. The highest BCUT2D eigenvalue weighted by Gasteiger charge is 2.12. The third kappa shape index (κ3) is 2.39. The van der Waals surface area contributed by atoms with Crippen LogP contribution >= 0.6 is 0 Å². The van der Waals surface area contributed by atoms with Crippen molar-refractivity contribution in [1.29, 1.82) is 0 Å². The maximum Gasteiger partial charge on any atom is 0.118 e. The highest BCUT2D eigenvalue weighted by molar-refractivity contribution is 5.66. The summed E-state index contributed by atoms with van der Waals surface area (Å²) in [4.78, 5) is 0. The van der Waals surface area contributed by atoms with Crippen LogP contribution < -0.4 is 4.74 Å². The second-order valence-electron chi connectivity index (χ2n) is 3.89. The number of allylic oxidation sites excluding steroid dienone is 1. The average Bonchev–Trinajstić information content (AvgIpc) is 2.30. The van der Waals surface area contributed by atoms with Gasteiger partial charge in [-0.25, -0.2) is 0 Å². The van der Waals surface area contributed by atoms with Crippen LogP contribution in [0.5, 0.6) is 5.75 Å². The molecule has 2 rings (SSSR count). The molecule has 1 aliphatic carbocycles. The Morgan fingerprint density at radius 3 is 2.53 bits per heavy atom. The largest absolute Gasteiger partial charge is 0.497 e. The van der Waals surface area contributed by atoms with Gasteiger partial charge in [-0.05, 0) is 42.5 Å². The molecule has 80 valence electrons. The van der Waals surface area contributed by atoms with Crippen LogP contribution in [-0.2, 0) is 0 Å². The van der Waals surface area contributed by atoms with E-state index in [9.17, 15) is 5.11 Å². The standard InChI is InChI=1S/C13H16O2/c1-15-13-8-4-11(5-9-13)10-2-6-12(14)7-3-10/h2,4-5,8-9,12,14H,3,6-7H2,1H3. The molecule has 0 aliphatic heterocycles. The van der Waals surface area contributed by atoms with E-state index in [-0.39, 0.29) is 6.10 Å². The maximum absolute atomic E-state index is 9.39. The van der Waals surface area contributed by atoms with Crippen molar-refractivity contribution >= 4 is 5.57 Å². The Labute approximate surface area is 90.2 Å². The van der Waals surface area contributed by atoms with Crippen molar-refractivity contribution in [3.05, 3.63) is 35.9 Å². The van der Waals surface area contributed by atoms with Crippen LogP contribution in [0.3, 0.4) is 0 Å². The van der Waals surface area contributed by atoms with E-state index in [1.54, 1.807) is 7.11 Å². The fourth-order valence-electron chi connectivity index (χ4n) is 1.89. The summed E-state index contributed by atoms with van der Waals surface area (Å²) < 4.78 is 5.11. The minimum atomic E-state index is -0.146. The summed E-state index contributed by atoms with van der Waals surface area (Å²) in [5.74, 6) is 0.884. The molecule has 1 atom stereocenters. The molecule has 1 aliphatic rings. The second-order valence-corrected chi connectivity index (χ2v) is 3.89. The highest BCUT2D eigenvalue weighted by Crippen LogP contribution is 2.27. The molecule has 1 N–H and O–H groups in total. The van der Waals surface area contributed by atoms with Crippen molar-refractivity contribution in [3.8, 4) is 5.75 Å². The van der Waals surface area contributed by atoms with Gasteiger partial charge in [-0.3, -0.25) is 0 Å². The lowest BCUT2D eigenvalue weighted by Gasteiger charge is -2.17. The van der Waals surface area contributed by atoms with Gasteiger partial charge >= 0.3 is 0 Å². The predicted octanol–water partition coefficient (Wildman–Crippen LogP) is 2.62. The van der Waals surface area contributed by atoms with Gasteiger partial charge in [0.1, 0.15) is 5.75 Å². The summed E-state index contributed by atoms with van der Waals surface area (Å²) in [5.41, 5.74) is 2.57. The van der Waals surface area contributed by atoms with Crippen LogP contribution in [0.4, 0.5) is 0 Å². The van der Waals surface area contributed by atoms with E-state index in [1.807, 2.05) is 12.1 Å². The number of benzene rings is 1. The Bertz CT molecular complexity index is 351. The summed E-state index contributed by atoms with van der Waals surface area (Å²) >= 11 is 0. The van der Waals surface area contributed by atoms with E-state index in [2.05, 4.69) is 18.2 Å². The van der Waals surface area contributed by atoms with Gasteiger partial charge in [-0.15, -0.1) is 0 Å². The molecule has 1 aromatic carbocycles. The monoisotopic (exact) mass is 204 g/mol. The Balaban J connectivity index is 2.16. The van der Waals surface area contributed by atoms with E-state index < -0.39 is 0 Å². The van der Waals surface area contributed by atoms with Gasteiger partial charge in [0.2, 0.25) is 0 Å². The summed E-state index contributed by atoms with van der Waals surface area (Å²) in [6.45, 7) is 0. The number of hydrogen-bond acceptors (Lipinski definition) is 2. The zero-order chi connectivity index (χ0) is 10.7. The van der Waals surface area contributed by atoms with Crippen molar-refractivity contribution in [2.45, 2.75) is 25.4 Å². The molecule has 1 unspecified atom stereocenters. The zero-order valence-corrected chi connectivity index (χ0v) is 8.94. The molecule has 0 amide bonds. The minimum absolute atomic E-state index is 0.146. The van der Waals surface area contributed by atoms with Crippen molar-refractivity contribution in [2.24, 2.45) is 0 Å². The Hall–Kier alpha value is -1.28. The van der Waals surface area contributed by atoms with Gasteiger partial charge in [0, 0.05) is 0 Å². The molecular weight excluding hydrogens is 188 g/mol. The zero-order valence-electron chi connectivity index (χ0n) is 8.94. The fraction of sp³-hybridized carbons (Fsp3) is 0.385. The molecule has 2 heteroatoms. The summed E-state index contributed by atoms with van der Waals surface area (Å²) in [6.07, 6.45) is 4.61. The molecule has 15 heavy (non-hydrogen) atoms. The van der Waals surface area contributed by atoms with E-state index in [0.29, 0.717) is 0 Å². The van der Waals surface area contributed by atoms with Gasteiger partial charge < -0.3 is 9.84 Å². The molecule has 0 heterocycles. The number of methoxy groups -OCH3 is 1. The number of rotatable bonds is 2. The quantitative estimate of drug-likeness (QED) is 0.802. The van der Waals surface area contributed by atoms with Gasteiger partial charge in [0.25, 0.3) is 0 Å². The van der Waals surface area contributed by atoms with Gasteiger partial charge in [-0.1, -0.05) is 18.2 Å². The summed E-state index contributed by atoms with van der Waals surface area (Å²) in [6, 6.07) is 8.09. The lowest BCUT2D eigenvalue weighted by molar-refractivity contribution is 0.166. The van der Waals surface area contributed by atoms with Crippen LogP contribution in [0.25, 0.3) is 5.57 Å². The first-order valence-electron chi connectivity index (χ1n) is 5.31. The van der Waals surface area contributed by atoms with Crippen molar-refractivity contribution in [1.82, 2.24) is 0 Å². The van der Waals surface area contributed by atoms with E-state index in [0.717, 1.165) is 25.0 Å². The Morgan fingerprint density at radius 2 is 2.00 bits per heavy atom. The van der Waals surface area contributed by atoms with Gasteiger partial charge in [0.15, 0.2) is 0 Å². The minimum Gasteiger partial charge on any atom is -0.497 e. The molecule has 0 spiro atoms. The van der Waals surface area contributed by atoms with Crippen LogP contribution in [0, 0.1) is 0 Å². The molecule has 0 saturated heterocycles. The van der Waals surface area contributed by atoms with Crippen molar-refractivity contribution in [2.75, 3.05) is 7.11 Å². The fourth-order valence-corrected chi connectivity index (χ4v) is 1.89. The smallest absolute Gasteiger partial charge is 0.118 e. The number of hydrogen-bond donors (Lipinski definition) is 1. The van der Waals surface area contributed by atoms with Crippen LogP contribution in [-0.4, -0.2) is 18.3 Å². The molecule has 0 bridgehead atoms. The number of aliphatic hydroxyl groups is 1. The van der Waals surface area contributed by atoms with Gasteiger partial charge in [-0.2, -0.15) is 0 Å². The van der Waals surface area contributed by atoms with Crippen LogP contribution in [0.2, 0.25) is 0 Å². The first-order chi connectivity index (χ1) is 7.29. The SMILES string of the molecule is COc1ccc(C2=CCC(O)CC2)cc1. The average molecular weight is 204 g/mol. The highest BCUT2D eigenvalue weighted by atomic mass is 16.5. The first kappa shape index (κ1) is 10.2. The molecule has 2 nitrogen and oxygen atoms in total. The lowest BCUT2D eigenvalue weighted by Crippen LogP contribution is -2.09. The summed E-state index contributed by atoms with van der Waals surface area (Å²) in [5, 5.41) is 9.39. The first-order valence-corrected chi connectivity index (χ1v) is 5.31. The molecule has 1 aromatic rings. The van der Waals surface area contributed by atoms with Crippen molar-refractivity contribution in [3.63, 3.8) is 0 Å². The molecule has 0 fully saturated rings. The maximum atomic E-state index is 9.39. The normalized spacial score (nSPS) is 20.9. The molecule has 0 aromatic heterocycles. The Morgan fingerprint density at radius 1 is 1.27 bits per heavy atom. The predicted molar refractivity (Wildman–Crippen MR) is 60.8 cm³/mol. The van der Waals surface area contributed by atoms with Crippen LogP contribution in [0.1, 0.15) is 24.8 Å². The second kappa shape index (κ2) is 4.49.